The highest BCUT2D eigenvalue weighted by atomic mass is 79.9. The molecule has 0 amide bonds. The molecule has 0 aromatic carbocycles. The van der Waals surface area contributed by atoms with Gasteiger partial charge in [0.25, 0.3) is 0 Å². The number of nitrogens with zero attached hydrogens (tertiary/aromatic N) is 1. The molecule has 3 nitrogen and oxygen atoms in total. The first-order chi connectivity index (χ1) is 5.24. The van der Waals surface area contributed by atoms with E-state index in [0.29, 0.717) is 10.6 Å². The normalized spacial score (nSPS) is 9.73. The minimum Gasteiger partial charge on any atom is -0.423 e. The lowest BCUT2D eigenvalue weighted by Crippen LogP contribution is -2.30. The lowest BCUT2D eigenvalue weighted by molar-refractivity contribution is 0.480. The maximum Gasteiger partial charge on any atom is 0.502 e. The lowest BCUT2D eigenvalue weighted by Gasteiger charge is -2.00. The van der Waals surface area contributed by atoms with Crippen molar-refractivity contribution < 1.29 is 8.77 Å². The van der Waals surface area contributed by atoms with Crippen LogP contribution in [0.2, 0.25) is 5.15 Å². The van der Waals surface area contributed by atoms with Crippen LogP contribution in [-0.4, -0.2) is 17.1 Å². The maximum absolute atomic E-state index is 9.10. The van der Waals surface area contributed by atoms with Crippen molar-refractivity contribution in [3.8, 4) is 0 Å². The van der Waals surface area contributed by atoms with Crippen molar-refractivity contribution in [3.05, 3.63) is 23.5 Å². The van der Waals surface area contributed by atoms with E-state index < -0.39 is 7.12 Å². The fourth-order valence-corrected chi connectivity index (χ4v) is 1.02. The van der Waals surface area contributed by atoms with Gasteiger partial charge in [-0.05, 0) is 17.6 Å². The van der Waals surface area contributed by atoms with Crippen LogP contribution in [0, 0.1) is 0 Å². The third kappa shape index (κ3) is 2.45. The van der Waals surface area contributed by atoms with Crippen molar-refractivity contribution >= 4 is 40.4 Å². The minimum atomic E-state index is -1.00. The highest BCUT2D eigenvalue weighted by molar-refractivity contribution is 9.06. The molecule has 0 aliphatic carbocycles. The van der Waals surface area contributed by atoms with Crippen LogP contribution in [0.5, 0.6) is 0 Å². The van der Waals surface area contributed by atoms with E-state index in [-0.39, 0.29) is 0 Å². The first kappa shape index (κ1) is 9.00. The van der Waals surface area contributed by atoms with Crippen LogP contribution in [0.3, 0.4) is 0 Å². The highest BCUT2D eigenvalue weighted by Gasteiger charge is 2.15. The zero-order valence-corrected chi connectivity index (χ0v) is 7.71. The summed E-state index contributed by atoms with van der Waals surface area (Å²) in [6, 6.07) is 3.13. The highest BCUT2D eigenvalue weighted by Crippen LogP contribution is 2.00. The Hall–Kier alpha value is -0.0951. The first-order valence-corrected chi connectivity index (χ1v) is 3.83. The minimum absolute atomic E-state index is 0.325. The van der Waals surface area contributed by atoms with Crippen LogP contribution >= 0.6 is 27.9 Å². The smallest absolute Gasteiger partial charge is 0.423 e. The molecule has 1 aromatic heterocycles. The molecule has 0 radical (unpaired) electrons. The van der Waals surface area contributed by atoms with Gasteiger partial charge in [0.05, 0.1) is 16.3 Å². The summed E-state index contributed by atoms with van der Waals surface area (Å²) >= 11 is 8.22. The van der Waals surface area contributed by atoms with Gasteiger partial charge in [-0.15, -0.1) is 0 Å². The molecule has 0 atom stereocenters. The Morgan fingerprint density at radius 3 is 3.00 bits per heavy atom. The summed E-state index contributed by atoms with van der Waals surface area (Å²) in [5.41, 5.74) is 0.557. The summed E-state index contributed by atoms with van der Waals surface area (Å²) < 4.78 is 4.47. The number of pyridine rings is 1. The maximum atomic E-state index is 9.10. The van der Waals surface area contributed by atoms with Crippen LogP contribution in [0.4, 0.5) is 0 Å². The van der Waals surface area contributed by atoms with Crippen molar-refractivity contribution in [2.24, 2.45) is 0 Å². The van der Waals surface area contributed by atoms with Crippen LogP contribution in [0.25, 0.3) is 0 Å². The van der Waals surface area contributed by atoms with E-state index in [9.17, 15) is 0 Å². The molecule has 6 heteroatoms. The van der Waals surface area contributed by atoms with Crippen LogP contribution in [0.1, 0.15) is 0 Å². The fraction of sp³-hybridized carbons (Fsp3) is 0. The number of rotatable bonds is 2. The third-order valence-corrected chi connectivity index (χ3v) is 1.68. The number of aromatic nitrogens is 1. The second-order valence-corrected chi connectivity index (χ2v) is 2.61. The Labute approximate surface area is 77.9 Å². The summed E-state index contributed by atoms with van der Waals surface area (Å²) in [5, 5.41) is 9.42. The van der Waals surface area contributed by atoms with Gasteiger partial charge in [0, 0.05) is 6.20 Å². The molecule has 0 aliphatic rings. The monoisotopic (exact) mass is 235 g/mol. The van der Waals surface area contributed by atoms with E-state index in [1.54, 1.807) is 6.07 Å². The van der Waals surface area contributed by atoms with Gasteiger partial charge < -0.3 is 8.77 Å². The molecule has 0 bridgehead atoms. The Morgan fingerprint density at radius 1 is 1.73 bits per heavy atom. The molecule has 0 fully saturated rings. The molecule has 1 aromatic rings. The molecule has 0 saturated heterocycles. The topological polar surface area (TPSA) is 42.4 Å². The summed E-state index contributed by atoms with van der Waals surface area (Å²) in [6.07, 6.45) is 1.49. The van der Waals surface area contributed by atoms with Crippen molar-refractivity contribution in [1.29, 1.82) is 0 Å². The second-order valence-electron chi connectivity index (χ2n) is 1.85. The van der Waals surface area contributed by atoms with Gasteiger partial charge in [-0.1, -0.05) is 11.6 Å². The summed E-state index contributed by atoms with van der Waals surface area (Å²) in [6.45, 7) is 0. The SMILES string of the molecule is OB(OBr)c1ccnc(Cl)c1. The molecule has 11 heavy (non-hydrogen) atoms. The predicted octanol–water partition coefficient (Wildman–Crippen LogP) is 0.749. The Balaban J connectivity index is 2.86. The second kappa shape index (κ2) is 4.06. The van der Waals surface area contributed by atoms with Gasteiger partial charge in [0.15, 0.2) is 0 Å². The van der Waals surface area contributed by atoms with Crippen molar-refractivity contribution in [2.45, 2.75) is 0 Å². The van der Waals surface area contributed by atoms with Gasteiger partial charge >= 0.3 is 7.12 Å². The third-order valence-electron chi connectivity index (χ3n) is 1.12. The molecule has 0 aliphatic heterocycles. The fourth-order valence-electron chi connectivity index (χ4n) is 0.622. The molecule has 1 N–H and O–H groups in total. The Bertz CT molecular complexity index is 250. The van der Waals surface area contributed by atoms with Crippen molar-refractivity contribution in [1.82, 2.24) is 4.98 Å². The number of hydrogen-bond acceptors (Lipinski definition) is 3. The molecule has 1 rings (SSSR count). The van der Waals surface area contributed by atoms with Gasteiger partial charge in [0.1, 0.15) is 5.15 Å². The van der Waals surface area contributed by atoms with E-state index >= 15 is 0 Å². The van der Waals surface area contributed by atoms with E-state index in [0.717, 1.165) is 0 Å². The van der Waals surface area contributed by atoms with Crippen molar-refractivity contribution in [3.63, 3.8) is 0 Å². The standard InChI is InChI=1S/C5H4BBrClNO2/c7-11-6(10)4-1-2-9-5(8)3-4/h1-3,10H. The zero-order valence-electron chi connectivity index (χ0n) is 5.37. The molecule has 58 valence electrons. The van der Waals surface area contributed by atoms with E-state index in [1.807, 2.05) is 0 Å². The largest absolute Gasteiger partial charge is 0.502 e. The molecule has 1 heterocycles. The van der Waals surface area contributed by atoms with E-state index in [4.69, 9.17) is 16.6 Å². The Morgan fingerprint density at radius 2 is 2.45 bits per heavy atom. The van der Waals surface area contributed by atoms with E-state index in [1.165, 1.54) is 12.3 Å². The average Bonchev–Trinajstić information content (AvgIpc) is 2.03. The quantitative estimate of drug-likeness (QED) is 0.608. The van der Waals surface area contributed by atoms with Crippen LogP contribution < -0.4 is 5.46 Å². The van der Waals surface area contributed by atoms with Gasteiger partial charge in [-0.3, -0.25) is 0 Å². The van der Waals surface area contributed by atoms with E-state index in [2.05, 4.69) is 25.0 Å². The predicted molar refractivity (Wildman–Crippen MR) is 46.9 cm³/mol. The number of hydrogen-bond donors (Lipinski definition) is 1. The molecular weight excluding hydrogens is 232 g/mol. The zero-order chi connectivity index (χ0) is 8.27. The number of halogens is 2. The molecule has 0 saturated carbocycles. The van der Waals surface area contributed by atoms with Crippen LogP contribution in [0.15, 0.2) is 18.3 Å². The van der Waals surface area contributed by atoms with Gasteiger partial charge in [-0.25, -0.2) is 4.98 Å². The molecule has 0 unspecified atom stereocenters. The van der Waals surface area contributed by atoms with Crippen molar-refractivity contribution in [2.75, 3.05) is 0 Å². The van der Waals surface area contributed by atoms with Crippen LogP contribution in [-0.2, 0) is 3.75 Å². The molecular formula is C5H4BBrClNO2. The summed E-state index contributed by atoms with van der Waals surface area (Å²) in [4.78, 5) is 3.74. The lowest BCUT2D eigenvalue weighted by atomic mass is 9.81. The summed E-state index contributed by atoms with van der Waals surface area (Å²) in [5.74, 6) is 0. The molecule has 0 spiro atoms. The average molecular weight is 236 g/mol. The Kier molecular flexibility index (Phi) is 3.32. The van der Waals surface area contributed by atoms with Gasteiger partial charge in [0.2, 0.25) is 0 Å². The summed E-state index contributed by atoms with van der Waals surface area (Å²) in [7, 11) is -1.00. The van der Waals surface area contributed by atoms with Gasteiger partial charge in [-0.2, -0.15) is 0 Å². The first-order valence-electron chi connectivity index (χ1n) is 2.81.